The lowest BCUT2D eigenvalue weighted by Crippen LogP contribution is -2.09. The Hall–Kier alpha value is -2.40. The monoisotopic (exact) mass is 267 g/mol. The van der Waals surface area contributed by atoms with Gasteiger partial charge in [-0.2, -0.15) is 9.61 Å². The molecule has 3 rings (SSSR count). The number of benzene rings is 1. The molecule has 1 atom stereocenters. The smallest absolute Gasteiger partial charge is 0.157 e. The maximum atomic E-state index is 6.02. The quantitative estimate of drug-likeness (QED) is 0.765. The van der Waals surface area contributed by atoms with Crippen molar-refractivity contribution in [3.05, 3.63) is 53.9 Å². The van der Waals surface area contributed by atoms with Gasteiger partial charge in [0.05, 0.1) is 0 Å². The molecule has 0 radical (unpaired) electrons. The van der Waals surface area contributed by atoms with Crippen LogP contribution in [0.2, 0.25) is 0 Å². The van der Waals surface area contributed by atoms with Gasteiger partial charge in [0.2, 0.25) is 0 Å². The van der Waals surface area contributed by atoms with Gasteiger partial charge in [-0.3, -0.25) is 0 Å². The van der Waals surface area contributed by atoms with Gasteiger partial charge >= 0.3 is 0 Å². The Balaban J connectivity index is 2.08. The van der Waals surface area contributed by atoms with E-state index in [0.717, 1.165) is 28.3 Å². The summed E-state index contributed by atoms with van der Waals surface area (Å²) in [5.74, 6) is 0.880. The lowest BCUT2D eigenvalue weighted by atomic mass is 10.1. The molecular weight excluding hydrogens is 250 g/mol. The third-order valence-electron chi connectivity index (χ3n) is 3.24. The van der Waals surface area contributed by atoms with Gasteiger partial charge in [0.25, 0.3) is 0 Å². The molecule has 1 unspecified atom stereocenters. The zero-order chi connectivity index (χ0) is 14.1. The lowest BCUT2D eigenvalue weighted by Gasteiger charge is -2.15. The topological polar surface area (TPSA) is 68.2 Å². The predicted octanol–water partition coefficient (Wildman–Crippen LogP) is 2.80. The molecule has 0 fully saturated rings. The standard InChI is InChI=1S/C15H17N5/c1-10-7-14-17-9-18-20(14)15(8-10)19-13-6-4-3-5-12(13)11(2)16/h3-9,11,19H,16H2,1-2H3. The molecule has 0 aliphatic heterocycles. The number of anilines is 2. The van der Waals surface area contributed by atoms with Crippen LogP contribution < -0.4 is 11.1 Å². The minimum Gasteiger partial charge on any atom is -0.340 e. The van der Waals surface area contributed by atoms with E-state index in [1.165, 1.54) is 0 Å². The van der Waals surface area contributed by atoms with Crippen molar-refractivity contribution >= 4 is 17.2 Å². The first kappa shape index (κ1) is 12.6. The van der Waals surface area contributed by atoms with Crippen LogP contribution in [0.1, 0.15) is 24.1 Å². The van der Waals surface area contributed by atoms with E-state index in [4.69, 9.17) is 5.73 Å². The second kappa shape index (κ2) is 4.94. The van der Waals surface area contributed by atoms with E-state index in [2.05, 4.69) is 15.4 Å². The zero-order valence-corrected chi connectivity index (χ0v) is 11.5. The van der Waals surface area contributed by atoms with Crippen LogP contribution in [0.25, 0.3) is 5.65 Å². The Morgan fingerprint density at radius 2 is 2.05 bits per heavy atom. The molecule has 3 aromatic rings. The molecule has 0 aliphatic carbocycles. The van der Waals surface area contributed by atoms with E-state index >= 15 is 0 Å². The number of hydrogen-bond acceptors (Lipinski definition) is 4. The number of aromatic nitrogens is 3. The fourth-order valence-corrected chi connectivity index (χ4v) is 2.29. The number of pyridine rings is 1. The van der Waals surface area contributed by atoms with Crippen molar-refractivity contribution < 1.29 is 0 Å². The maximum absolute atomic E-state index is 6.02. The molecule has 2 aromatic heterocycles. The summed E-state index contributed by atoms with van der Waals surface area (Å²) in [7, 11) is 0. The minimum absolute atomic E-state index is 0.0326. The van der Waals surface area contributed by atoms with Crippen molar-refractivity contribution in [3.63, 3.8) is 0 Å². The molecule has 0 spiro atoms. The van der Waals surface area contributed by atoms with Crippen LogP contribution in [-0.4, -0.2) is 14.6 Å². The van der Waals surface area contributed by atoms with Crippen LogP contribution in [0.4, 0.5) is 11.5 Å². The zero-order valence-electron chi connectivity index (χ0n) is 11.5. The number of aryl methyl sites for hydroxylation is 1. The van der Waals surface area contributed by atoms with Gasteiger partial charge < -0.3 is 11.1 Å². The van der Waals surface area contributed by atoms with Gasteiger partial charge in [-0.25, -0.2) is 4.98 Å². The maximum Gasteiger partial charge on any atom is 0.157 e. The summed E-state index contributed by atoms with van der Waals surface area (Å²) in [6.07, 6.45) is 1.55. The summed E-state index contributed by atoms with van der Waals surface area (Å²) in [4.78, 5) is 4.23. The van der Waals surface area contributed by atoms with Crippen molar-refractivity contribution in [1.29, 1.82) is 0 Å². The Labute approximate surface area is 117 Å². The Morgan fingerprint density at radius 1 is 1.25 bits per heavy atom. The van der Waals surface area contributed by atoms with Gasteiger partial charge in [0.15, 0.2) is 5.65 Å². The van der Waals surface area contributed by atoms with Crippen LogP contribution in [0.3, 0.4) is 0 Å². The number of para-hydroxylation sites is 1. The largest absolute Gasteiger partial charge is 0.340 e. The highest BCUT2D eigenvalue weighted by Gasteiger charge is 2.09. The molecule has 0 saturated carbocycles. The summed E-state index contributed by atoms with van der Waals surface area (Å²) in [5, 5.41) is 7.65. The Morgan fingerprint density at radius 3 is 2.85 bits per heavy atom. The first-order valence-corrected chi connectivity index (χ1v) is 6.57. The van der Waals surface area contributed by atoms with Crippen molar-refractivity contribution in [2.24, 2.45) is 5.73 Å². The molecule has 5 nitrogen and oxygen atoms in total. The van der Waals surface area contributed by atoms with Gasteiger partial charge in [-0.15, -0.1) is 0 Å². The molecule has 20 heavy (non-hydrogen) atoms. The molecule has 1 aromatic carbocycles. The fraction of sp³-hybridized carbons (Fsp3) is 0.200. The third-order valence-corrected chi connectivity index (χ3v) is 3.24. The van der Waals surface area contributed by atoms with Gasteiger partial charge in [0, 0.05) is 11.7 Å². The highest BCUT2D eigenvalue weighted by Crippen LogP contribution is 2.25. The first-order chi connectivity index (χ1) is 9.65. The molecule has 0 saturated heterocycles. The fourth-order valence-electron chi connectivity index (χ4n) is 2.29. The van der Waals surface area contributed by atoms with Gasteiger partial charge in [-0.1, -0.05) is 18.2 Å². The second-order valence-electron chi connectivity index (χ2n) is 4.95. The molecule has 0 amide bonds. The van der Waals surface area contributed by atoms with Crippen molar-refractivity contribution in [1.82, 2.24) is 14.6 Å². The number of nitrogens with zero attached hydrogens (tertiary/aromatic N) is 3. The SMILES string of the molecule is Cc1cc(Nc2ccccc2C(C)N)n2ncnc2c1. The minimum atomic E-state index is -0.0326. The number of hydrogen-bond donors (Lipinski definition) is 2. The van der Waals surface area contributed by atoms with E-state index in [0.29, 0.717) is 0 Å². The summed E-state index contributed by atoms with van der Waals surface area (Å²) >= 11 is 0. The number of rotatable bonds is 3. The van der Waals surface area contributed by atoms with Gasteiger partial charge in [0.1, 0.15) is 12.1 Å². The number of fused-ring (bicyclic) bond motifs is 1. The van der Waals surface area contributed by atoms with E-state index in [1.807, 2.05) is 50.2 Å². The molecule has 0 aliphatic rings. The van der Waals surface area contributed by atoms with Crippen LogP contribution >= 0.6 is 0 Å². The second-order valence-corrected chi connectivity index (χ2v) is 4.95. The molecule has 0 bridgehead atoms. The molecular formula is C15H17N5. The van der Waals surface area contributed by atoms with E-state index in [-0.39, 0.29) is 6.04 Å². The average Bonchev–Trinajstić information content (AvgIpc) is 2.87. The molecule has 3 N–H and O–H groups in total. The van der Waals surface area contributed by atoms with Crippen LogP contribution in [0.15, 0.2) is 42.7 Å². The Kier molecular flexibility index (Phi) is 3.12. The van der Waals surface area contributed by atoms with Crippen molar-refractivity contribution in [2.45, 2.75) is 19.9 Å². The van der Waals surface area contributed by atoms with E-state index < -0.39 is 0 Å². The lowest BCUT2D eigenvalue weighted by molar-refractivity contribution is 0.820. The summed E-state index contributed by atoms with van der Waals surface area (Å²) in [6, 6.07) is 12.0. The summed E-state index contributed by atoms with van der Waals surface area (Å²) in [5.41, 5.74) is 10.0. The predicted molar refractivity (Wildman–Crippen MR) is 80.1 cm³/mol. The van der Waals surface area contributed by atoms with E-state index in [9.17, 15) is 0 Å². The number of nitrogens with one attached hydrogen (secondary N) is 1. The molecule has 5 heteroatoms. The van der Waals surface area contributed by atoms with Crippen molar-refractivity contribution in [2.75, 3.05) is 5.32 Å². The van der Waals surface area contributed by atoms with Crippen LogP contribution in [0.5, 0.6) is 0 Å². The van der Waals surface area contributed by atoms with Crippen LogP contribution in [0, 0.1) is 6.92 Å². The molecule has 2 heterocycles. The van der Waals surface area contributed by atoms with E-state index in [1.54, 1.807) is 10.8 Å². The van der Waals surface area contributed by atoms with Gasteiger partial charge in [-0.05, 0) is 43.2 Å². The normalized spacial score (nSPS) is 12.6. The highest BCUT2D eigenvalue weighted by atomic mass is 15.3. The Bertz CT molecular complexity index is 745. The number of nitrogens with two attached hydrogens (primary N) is 1. The summed E-state index contributed by atoms with van der Waals surface area (Å²) < 4.78 is 1.78. The first-order valence-electron chi connectivity index (χ1n) is 6.57. The molecule has 102 valence electrons. The third kappa shape index (κ3) is 2.23. The average molecular weight is 267 g/mol. The van der Waals surface area contributed by atoms with Crippen molar-refractivity contribution in [3.8, 4) is 0 Å². The summed E-state index contributed by atoms with van der Waals surface area (Å²) in [6.45, 7) is 4.01. The van der Waals surface area contributed by atoms with Crippen LogP contribution in [-0.2, 0) is 0 Å². The highest BCUT2D eigenvalue weighted by molar-refractivity contribution is 5.64.